The Morgan fingerprint density at radius 3 is 2.62 bits per heavy atom. The molecule has 2 aliphatic heterocycles. The topological polar surface area (TPSA) is 63.9 Å². The zero-order valence-electron chi connectivity index (χ0n) is 18.3. The molecule has 2 aromatic heterocycles. The van der Waals surface area contributed by atoms with Gasteiger partial charge in [-0.15, -0.1) is 0 Å². The quantitative estimate of drug-likeness (QED) is 0.679. The van der Waals surface area contributed by atoms with Gasteiger partial charge in [0.2, 0.25) is 0 Å². The second-order valence-electron chi connectivity index (χ2n) is 9.87. The molecule has 3 fully saturated rings. The van der Waals surface area contributed by atoms with Crippen molar-refractivity contribution in [2.75, 3.05) is 24.6 Å². The summed E-state index contributed by atoms with van der Waals surface area (Å²) in [5.74, 6) is 3.32. The van der Waals surface area contributed by atoms with Crippen LogP contribution >= 0.6 is 0 Å². The van der Waals surface area contributed by atoms with Gasteiger partial charge in [-0.1, -0.05) is 0 Å². The van der Waals surface area contributed by atoms with Crippen LogP contribution in [0, 0.1) is 5.41 Å². The van der Waals surface area contributed by atoms with E-state index in [0.717, 1.165) is 62.2 Å². The molecule has 0 amide bonds. The van der Waals surface area contributed by atoms with Crippen LogP contribution in [0.1, 0.15) is 63.0 Å². The van der Waals surface area contributed by atoms with Crippen LogP contribution in [0.5, 0.6) is 0 Å². The van der Waals surface area contributed by atoms with Crippen LogP contribution in [-0.4, -0.2) is 59.5 Å². The number of rotatable bonds is 4. The molecular weight excluding hydrogens is 439 g/mol. The number of hydrogen-bond acceptors (Lipinski definition) is 5. The smallest absolute Gasteiger partial charge is 0.300 e. The van der Waals surface area contributed by atoms with E-state index in [2.05, 4.69) is 15.0 Å². The molecular formula is C22H28F3N5OS. The highest BCUT2D eigenvalue weighted by atomic mass is 32.2. The maximum absolute atomic E-state index is 12.8. The van der Waals surface area contributed by atoms with Gasteiger partial charge in [0.05, 0.1) is 0 Å². The Balaban J connectivity index is 1.33. The van der Waals surface area contributed by atoms with Gasteiger partial charge in [-0.3, -0.25) is 14.1 Å². The van der Waals surface area contributed by atoms with Crippen molar-refractivity contribution in [1.82, 2.24) is 24.6 Å². The van der Waals surface area contributed by atoms with E-state index in [0.29, 0.717) is 17.4 Å². The van der Waals surface area contributed by atoms with E-state index in [4.69, 9.17) is 4.98 Å². The second kappa shape index (κ2) is 7.90. The Kier molecular flexibility index (Phi) is 5.43. The number of hydrogen-bond donors (Lipinski definition) is 0. The first-order valence-corrected chi connectivity index (χ1v) is 12.7. The minimum Gasteiger partial charge on any atom is -0.300 e. The first kappa shape index (κ1) is 22.0. The molecule has 1 spiro atoms. The molecule has 0 radical (unpaired) electrons. The van der Waals surface area contributed by atoms with E-state index in [1.54, 1.807) is 0 Å². The number of alkyl halides is 3. The van der Waals surface area contributed by atoms with Gasteiger partial charge in [-0.25, -0.2) is 9.67 Å². The number of nitrogens with zero attached hydrogens (tertiary/aromatic N) is 5. The van der Waals surface area contributed by atoms with Crippen LogP contribution in [0.2, 0.25) is 0 Å². The van der Waals surface area contributed by atoms with Crippen molar-refractivity contribution >= 4 is 10.8 Å². The molecule has 3 aliphatic rings. The summed E-state index contributed by atoms with van der Waals surface area (Å²) in [6, 6.07) is 2.98. The van der Waals surface area contributed by atoms with Crippen molar-refractivity contribution < 1.29 is 17.4 Å². The number of aromatic nitrogens is 4. The highest BCUT2D eigenvalue weighted by Crippen LogP contribution is 2.44. The van der Waals surface area contributed by atoms with Gasteiger partial charge >= 0.3 is 6.18 Å². The van der Waals surface area contributed by atoms with E-state index < -0.39 is 22.7 Å². The minimum atomic E-state index is -4.46. The van der Waals surface area contributed by atoms with Crippen molar-refractivity contribution in [2.24, 2.45) is 5.41 Å². The lowest BCUT2D eigenvalue weighted by Crippen LogP contribution is -2.47. The first-order valence-electron chi connectivity index (χ1n) is 11.2. The number of halogens is 3. The van der Waals surface area contributed by atoms with Gasteiger partial charge in [0.25, 0.3) is 0 Å². The lowest BCUT2D eigenvalue weighted by atomic mass is 9.91. The highest BCUT2D eigenvalue weighted by molar-refractivity contribution is 7.86. The first-order chi connectivity index (χ1) is 15.1. The van der Waals surface area contributed by atoms with Gasteiger partial charge in [0.15, 0.2) is 5.82 Å². The van der Waals surface area contributed by atoms with Gasteiger partial charge in [0.1, 0.15) is 11.5 Å². The fourth-order valence-electron chi connectivity index (χ4n) is 5.49. The van der Waals surface area contributed by atoms with Crippen LogP contribution in [0.4, 0.5) is 13.2 Å². The second-order valence-corrected chi connectivity index (χ2v) is 11.3. The zero-order chi connectivity index (χ0) is 22.7. The molecule has 1 aliphatic carbocycles. The normalized spacial score (nSPS) is 31.0. The molecule has 0 bridgehead atoms. The molecule has 2 unspecified atom stereocenters. The van der Waals surface area contributed by atoms with E-state index in [-0.39, 0.29) is 17.4 Å². The van der Waals surface area contributed by atoms with Gasteiger partial charge in [-0.2, -0.15) is 18.3 Å². The fourth-order valence-corrected chi connectivity index (χ4v) is 7.24. The zero-order valence-corrected chi connectivity index (χ0v) is 19.1. The molecule has 1 saturated carbocycles. The van der Waals surface area contributed by atoms with E-state index >= 15 is 0 Å². The third kappa shape index (κ3) is 4.00. The Labute approximate surface area is 188 Å². The van der Waals surface area contributed by atoms with Crippen molar-refractivity contribution in [1.29, 1.82) is 0 Å². The lowest BCUT2D eigenvalue weighted by Gasteiger charge is -2.37. The Hall–Kier alpha value is -1.81. The predicted octanol–water partition coefficient (Wildman–Crippen LogP) is 4.03. The van der Waals surface area contributed by atoms with E-state index in [9.17, 15) is 17.4 Å². The van der Waals surface area contributed by atoms with Crippen molar-refractivity contribution in [2.45, 2.75) is 63.7 Å². The van der Waals surface area contributed by atoms with Gasteiger partial charge in [0, 0.05) is 64.0 Å². The maximum Gasteiger partial charge on any atom is 0.433 e. The molecule has 4 heterocycles. The summed E-state index contributed by atoms with van der Waals surface area (Å²) in [6.07, 6.45) is 1.02. The summed E-state index contributed by atoms with van der Waals surface area (Å²) in [5.41, 5.74) is -0.140. The molecule has 0 aromatic carbocycles. The van der Waals surface area contributed by atoms with Crippen LogP contribution in [0.25, 0.3) is 11.4 Å². The monoisotopic (exact) mass is 467 g/mol. The van der Waals surface area contributed by atoms with Crippen LogP contribution < -0.4 is 0 Å². The highest BCUT2D eigenvalue weighted by Gasteiger charge is 2.49. The molecule has 2 aromatic rings. The summed E-state index contributed by atoms with van der Waals surface area (Å²) >= 11 is 0. The van der Waals surface area contributed by atoms with Gasteiger partial charge in [-0.05, 0) is 58.2 Å². The number of pyridine rings is 1. The summed E-state index contributed by atoms with van der Waals surface area (Å²) in [7, 11) is -0.621. The summed E-state index contributed by atoms with van der Waals surface area (Å²) < 4.78 is 52.1. The molecule has 2 atom stereocenters. The summed E-state index contributed by atoms with van der Waals surface area (Å²) in [5, 5.41) is 4.63. The van der Waals surface area contributed by atoms with Crippen molar-refractivity contribution in [3.8, 4) is 11.4 Å². The summed E-state index contributed by atoms with van der Waals surface area (Å²) in [6.45, 7) is 6.21. The molecule has 2 saturated heterocycles. The van der Waals surface area contributed by atoms with Gasteiger partial charge < -0.3 is 0 Å². The van der Waals surface area contributed by atoms with Crippen LogP contribution in [-0.2, 0) is 17.0 Å². The lowest BCUT2D eigenvalue weighted by molar-refractivity contribution is -0.141. The maximum atomic E-state index is 12.8. The van der Waals surface area contributed by atoms with Crippen LogP contribution in [0.3, 0.4) is 0 Å². The van der Waals surface area contributed by atoms with Crippen molar-refractivity contribution in [3.05, 3.63) is 29.8 Å². The van der Waals surface area contributed by atoms with E-state index in [1.807, 2.05) is 18.5 Å². The molecule has 0 N–H and O–H groups in total. The molecule has 6 nitrogen and oxygen atoms in total. The third-order valence-electron chi connectivity index (χ3n) is 7.15. The molecule has 32 heavy (non-hydrogen) atoms. The van der Waals surface area contributed by atoms with Crippen molar-refractivity contribution in [3.63, 3.8) is 0 Å². The predicted molar refractivity (Wildman–Crippen MR) is 116 cm³/mol. The number of likely N-dealkylation sites (tertiary alicyclic amines) is 1. The fraction of sp³-hybridized carbons (Fsp3) is 0.682. The van der Waals surface area contributed by atoms with E-state index in [1.165, 1.54) is 12.3 Å². The molecule has 174 valence electrons. The Morgan fingerprint density at radius 1 is 1.22 bits per heavy atom. The van der Waals surface area contributed by atoms with Crippen LogP contribution in [0.15, 0.2) is 18.3 Å². The summed E-state index contributed by atoms with van der Waals surface area (Å²) in [4.78, 5) is 10.9. The Bertz CT molecular complexity index is 1010. The largest absolute Gasteiger partial charge is 0.433 e. The average Bonchev–Trinajstić information content (AvgIpc) is 3.44. The Morgan fingerprint density at radius 2 is 2.00 bits per heavy atom. The molecule has 5 rings (SSSR count). The molecule has 10 heteroatoms. The average molecular weight is 468 g/mol. The standard InChI is InChI=1S/C22H28F3N5OS/c1-14(2)30-20(27-19(28-30)16-4-6-18(26-10-16)22(23,24)25)15-3-5-17(9-15)29-8-7-21(11-29)12-32(31)13-21/h4,6,10,14-15,17H,3,5,7-9,11-13H2,1-2H3. The third-order valence-corrected chi connectivity index (χ3v) is 9.02. The SMILES string of the molecule is CC(C)n1nc(-c2ccc(C(F)(F)F)nc2)nc1C1CCC(N2CCC3(C2)CS(=O)C3)C1. The minimum absolute atomic E-state index is 0.104.